The van der Waals surface area contributed by atoms with Gasteiger partial charge < -0.3 is 49.8 Å². The average Bonchev–Trinajstić information content (AvgIpc) is 3.95. The first kappa shape index (κ1) is 40.8. The van der Waals surface area contributed by atoms with Crippen LogP contribution in [0, 0.1) is 4.91 Å². The molecule has 4 aromatic heterocycles. The fourth-order valence-corrected chi connectivity index (χ4v) is 5.12. The molecule has 4 aromatic rings. The number of nitrogens with zero attached hydrogens (tertiary/aromatic N) is 7. The molecule has 0 aliphatic heterocycles. The van der Waals surface area contributed by atoms with E-state index in [1.54, 1.807) is 38.3 Å². The molecule has 6 amide bonds. The molecule has 5 N–H and O–H groups in total. The van der Waals surface area contributed by atoms with Gasteiger partial charge in [-0.05, 0) is 51.3 Å². The zero-order chi connectivity index (χ0) is 37.4. The molecule has 0 fully saturated rings. The minimum atomic E-state index is -0.807. The van der Waals surface area contributed by atoms with Gasteiger partial charge in [0.15, 0.2) is 0 Å². The molecule has 0 radical (unpaired) electrons. The van der Waals surface area contributed by atoms with Crippen LogP contribution in [0.1, 0.15) is 48.4 Å². The van der Waals surface area contributed by atoms with Crippen molar-refractivity contribution in [2.24, 2.45) is 5.29 Å². The lowest BCUT2D eigenvalue weighted by molar-refractivity contribution is 0.0784. The highest BCUT2D eigenvalue weighted by molar-refractivity contribution is 6.18. The minimum absolute atomic E-state index is 0. The molecule has 0 saturated heterocycles. The number of nitrogens with one attached hydrogen (secondary N) is 5. The van der Waals surface area contributed by atoms with Crippen LogP contribution in [-0.2, 0) is 0 Å². The number of anilines is 4. The van der Waals surface area contributed by atoms with Crippen LogP contribution < -0.4 is 20.0 Å². The third-order valence-electron chi connectivity index (χ3n) is 8.01. The maximum absolute atomic E-state index is 13.4. The minimum Gasteiger partial charge on any atom is -0.355 e. The summed E-state index contributed by atoms with van der Waals surface area (Å²) in [5.41, 5.74) is 2.39. The molecule has 0 aromatic carbocycles. The van der Waals surface area contributed by atoms with Crippen LogP contribution in [0.2, 0.25) is 0 Å². The predicted octanol–water partition coefficient (Wildman–Crippen LogP) is 4.03. The molecule has 52 heavy (non-hydrogen) atoms. The van der Waals surface area contributed by atoms with E-state index in [-0.39, 0.29) is 59.4 Å². The molecule has 0 spiro atoms. The summed E-state index contributed by atoms with van der Waals surface area (Å²) in [5.74, 6) is -1.47. The molecule has 0 atom stereocenters. The third kappa shape index (κ3) is 9.59. The van der Waals surface area contributed by atoms with E-state index < -0.39 is 17.8 Å². The SMILES string of the molecule is CN(C)CCCN(C)C(=O)c1cc(N(C)C(=O)c2cc(N(C)C(=O)c3cc(N(C)C(=O)c4cc(NC(=O)N(CCCl)N=O)c[nH]4)c[nH]3)c[nH]2)c[nH]1.Cl. The summed E-state index contributed by atoms with van der Waals surface area (Å²) in [6.07, 6.45) is 6.80. The Morgan fingerprint density at radius 1 is 0.635 bits per heavy atom. The van der Waals surface area contributed by atoms with Crippen molar-refractivity contribution in [3.05, 3.63) is 76.7 Å². The molecular formula is C32H42Cl2N12O6. The fraction of sp³-hybridized carbons (Fsp3) is 0.344. The van der Waals surface area contributed by atoms with E-state index in [0.29, 0.717) is 34.3 Å². The van der Waals surface area contributed by atoms with Crippen molar-refractivity contribution in [1.29, 1.82) is 0 Å². The second-order valence-corrected chi connectivity index (χ2v) is 12.3. The van der Waals surface area contributed by atoms with E-state index in [2.05, 4.69) is 35.4 Å². The second kappa shape index (κ2) is 18.1. The summed E-state index contributed by atoms with van der Waals surface area (Å²) >= 11 is 5.57. The van der Waals surface area contributed by atoms with Gasteiger partial charge in [0, 0.05) is 65.4 Å². The van der Waals surface area contributed by atoms with Crippen molar-refractivity contribution in [3.8, 4) is 0 Å². The standard InChI is InChI=1S/C32H41ClN12O6.ClH/c1-40(2)9-7-10-41(3)28(46)25-13-21(17-35-25)43(5)30(48)27-15-23(19-37-27)44(6)31(49)26-14-22(18-36-26)42(4)29(47)24-12-20(16-34-24)38-32(50)45(39-51)11-8-33;/h12-19,34-37H,7-11H2,1-6H3,(H,38,50);1H. The average molecular weight is 762 g/mol. The molecule has 0 aliphatic rings. The van der Waals surface area contributed by atoms with E-state index in [1.165, 1.54) is 58.5 Å². The highest BCUT2D eigenvalue weighted by Gasteiger charge is 2.24. The number of urea groups is 1. The molecule has 0 unspecified atom stereocenters. The normalized spacial score (nSPS) is 10.7. The van der Waals surface area contributed by atoms with Gasteiger partial charge in [-0.1, -0.05) is 0 Å². The van der Waals surface area contributed by atoms with Gasteiger partial charge in [0.25, 0.3) is 23.6 Å². The monoisotopic (exact) mass is 760 g/mol. The van der Waals surface area contributed by atoms with Gasteiger partial charge in [-0.15, -0.1) is 28.9 Å². The zero-order valence-corrected chi connectivity index (χ0v) is 31.1. The summed E-state index contributed by atoms with van der Waals surface area (Å²) < 4.78 is 0. The van der Waals surface area contributed by atoms with Gasteiger partial charge in [0.2, 0.25) is 0 Å². The molecular weight excluding hydrogens is 719 g/mol. The smallest absolute Gasteiger partial charge is 0.344 e. The molecule has 4 heterocycles. The van der Waals surface area contributed by atoms with Crippen LogP contribution >= 0.6 is 24.0 Å². The fourth-order valence-electron chi connectivity index (χ4n) is 4.96. The highest BCUT2D eigenvalue weighted by atomic mass is 35.5. The topological polar surface area (TPSA) is 209 Å². The number of halogens is 2. The van der Waals surface area contributed by atoms with Crippen molar-refractivity contribution in [1.82, 2.24) is 34.7 Å². The van der Waals surface area contributed by atoms with Crippen LogP contribution in [0.4, 0.5) is 27.5 Å². The molecule has 0 aliphatic carbocycles. The van der Waals surface area contributed by atoms with Gasteiger partial charge in [-0.25, -0.2) is 4.79 Å². The Hall–Kier alpha value is -5.59. The zero-order valence-electron chi connectivity index (χ0n) is 29.5. The second-order valence-electron chi connectivity index (χ2n) is 11.9. The Bertz CT molecular complexity index is 1880. The van der Waals surface area contributed by atoms with E-state index >= 15 is 0 Å². The lowest BCUT2D eigenvalue weighted by Crippen LogP contribution is -2.31. The van der Waals surface area contributed by atoms with Crippen molar-refractivity contribution >= 4 is 76.4 Å². The van der Waals surface area contributed by atoms with E-state index in [4.69, 9.17) is 11.6 Å². The molecule has 0 saturated carbocycles. The van der Waals surface area contributed by atoms with Crippen molar-refractivity contribution < 1.29 is 24.0 Å². The van der Waals surface area contributed by atoms with Gasteiger partial charge in [-0.2, -0.15) is 5.01 Å². The van der Waals surface area contributed by atoms with Gasteiger partial charge in [0.1, 0.15) is 22.8 Å². The Morgan fingerprint density at radius 2 is 1.06 bits per heavy atom. The maximum atomic E-state index is 13.4. The number of hydrogen-bond donors (Lipinski definition) is 5. The van der Waals surface area contributed by atoms with Gasteiger partial charge in [-0.3, -0.25) is 19.2 Å². The first-order valence-electron chi connectivity index (χ1n) is 15.7. The number of H-pyrrole nitrogens is 4. The van der Waals surface area contributed by atoms with E-state index in [1.807, 2.05) is 14.1 Å². The number of nitroso groups, excluding NO2 is 1. The number of alkyl halides is 1. The van der Waals surface area contributed by atoms with Crippen molar-refractivity contribution in [2.75, 3.05) is 87.8 Å². The van der Waals surface area contributed by atoms with Crippen molar-refractivity contribution in [2.45, 2.75) is 6.42 Å². The van der Waals surface area contributed by atoms with Crippen LogP contribution in [0.3, 0.4) is 0 Å². The van der Waals surface area contributed by atoms with Crippen LogP contribution in [-0.4, -0.2) is 132 Å². The largest absolute Gasteiger partial charge is 0.355 e. The Balaban J connectivity index is 0.00000729. The Kier molecular flexibility index (Phi) is 14.2. The number of rotatable bonds is 15. The summed E-state index contributed by atoms with van der Waals surface area (Å²) in [4.78, 5) is 94.9. The number of aromatic nitrogens is 4. The van der Waals surface area contributed by atoms with Gasteiger partial charge in [0.05, 0.1) is 34.6 Å². The molecule has 4 rings (SSSR count). The predicted molar refractivity (Wildman–Crippen MR) is 201 cm³/mol. The summed E-state index contributed by atoms with van der Waals surface area (Å²) in [6.45, 7) is 1.36. The van der Waals surface area contributed by atoms with Gasteiger partial charge >= 0.3 is 6.03 Å². The number of amides is 6. The molecule has 20 heteroatoms. The lowest BCUT2D eigenvalue weighted by Gasteiger charge is -2.18. The molecule has 280 valence electrons. The maximum Gasteiger partial charge on any atom is 0.344 e. The Labute approximate surface area is 310 Å². The lowest BCUT2D eigenvalue weighted by atomic mass is 10.3. The number of carbonyl (C=O) groups excluding carboxylic acids is 5. The first-order chi connectivity index (χ1) is 24.2. The molecule has 18 nitrogen and oxygen atoms in total. The van der Waals surface area contributed by atoms with Crippen LogP contribution in [0.25, 0.3) is 0 Å². The summed E-state index contributed by atoms with van der Waals surface area (Å²) in [5, 5.41) is 5.68. The number of carbonyl (C=O) groups is 5. The van der Waals surface area contributed by atoms with E-state index in [9.17, 15) is 28.9 Å². The highest BCUT2D eigenvalue weighted by Crippen LogP contribution is 2.24. The quantitative estimate of drug-likeness (QED) is 0.0682. The number of hydrogen-bond acceptors (Lipinski definition) is 8. The number of aromatic amines is 4. The summed E-state index contributed by atoms with van der Waals surface area (Å²) in [6, 6.07) is 5.23. The Morgan fingerprint density at radius 3 is 1.48 bits per heavy atom. The third-order valence-corrected chi connectivity index (χ3v) is 8.18. The van der Waals surface area contributed by atoms with Crippen LogP contribution in [0.5, 0.6) is 0 Å². The first-order valence-corrected chi connectivity index (χ1v) is 16.2. The van der Waals surface area contributed by atoms with Crippen molar-refractivity contribution in [3.63, 3.8) is 0 Å². The summed E-state index contributed by atoms with van der Waals surface area (Å²) in [7, 11) is 10.3. The molecule has 0 bridgehead atoms. The van der Waals surface area contributed by atoms with Crippen LogP contribution in [0.15, 0.2) is 54.3 Å². The van der Waals surface area contributed by atoms with E-state index in [0.717, 1.165) is 13.0 Å².